The van der Waals surface area contributed by atoms with Gasteiger partial charge >= 0.3 is 11.9 Å². The van der Waals surface area contributed by atoms with Crippen LogP contribution in [0.2, 0.25) is 0 Å². The maximum atomic E-state index is 13.0. The number of carboxylic acids is 1. The largest absolute Gasteiger partial charge is 0.507 e. The van der Waals surface area contributed by atoms with E-state index in [1.54, 1.807) is 24.3 Å². The molecule has 0 spiro atoms. The summed E-state index contributed by atoms with van der Waals surface area (Å²) in [5, 5.41) is 55.7. The Morgan fingerprint density at radius 2 is 1.44 bits per heavy atom. The summed E-state index contributed by atoms with van der Waals surface area (Å²) in [6.45, 7) is 0. The van der Waals surface area contributed by atoms with Crippen LogP contribution in [0.1, 0.15) is 32.7 Å². The molecule has 4 aromatic rings. The zero-order valence-corrected chi connectivity index (χ0v) is 21.6. The molecule has 0 bridgehead atoms. The number of amides is 1. The molecule has 0 saturated heterocycles. The number of para-hydroxylation sites is 1. The monoisotopic (exact) mass is 556 g/mol. The fraction of sp³-hybridized carbons (Fsp3) is 0.100. The molecule has 0 aromatic heterocycles. The first-order valence-corrected chi connectivity index (χ1v) is 12.3. The van der Waals surface area contributed by atoms with Gasteiger partial charge in [0.25, 0.3) is 0 Å². The second-order valence-electron chi connectivity index (χ2n) is 9.29. The number of anilines is 4. The van der Waals surface area contributed by atoms with Crippen LogP contribution in [0.4, 0.5) is 22.7 Å². The summed E-state index contributed by atoms with van der Waals surface area (Å²) in [4.78, 5) is 37.8. The van der Waals surface area contributed by atoms with Crippen molar-refractivity contribution < 1.29 is 44.7 Å². The Bertz CT molecular complexity index is 1690. The van der Waals surface area contributed by atoms with E-state index in [9.17, 15) is 39.9 Å². The van der Waals surface area contributed by atoms with Crippen LogP contribution in [0, 0.1) is 0 Å². The average Bonchev–Trinajstić information content (AvgIpc) is 2.93. The SMILES string of the molecule is COC(=O)c1ccc2c(c1)N(c1cc(O)c(-c3c(O)cc(Nc4ccccc4C(=O)O)cc3O)c(O)c1)C(=O)CC2. The second kappa shape index (κ2) is 10.5. The highest BCUT2D eigenvalue weighted by Crippen LogP contribution is 2.50. The Balaban J connectivity index is 1.54. The number of phenols is 4. The second-order valence-corrected chi connectivity index (χ2v) is 9.29. The molecule has 0 radical (unpaired) electrons. The van der Waals surface area contributed by atoms with Crippen molar-refractivity contribution in [3.05, 3.63) is 83.4 Å². The maximum Gasteiger partial charge on any atom is 0.337 e. The number of nitrogens with one attached hydrogen (secondary N) is 1. The molecule has 41 heavy (non-hydrogen) atoms. The van der Waals surface area contributed by atoms with Crippen molar-refractivity contribution in [1.82, 2.24) is 0 Å². The molecule has 1 amide bonds. The summed E-state index contributed by atoms with van der Waals surface area (Å²) in [7, 11) is 1.24. The van der Waals surface area contributed by atoms with Gasteiger partial charge in [-0.1, -0.05) is 18.2 Å². The molecule has 4 aromatic carbocycles. The zero-order chi connectivity index (χ0) is 29.4. The van der Waals surface area contributed by atoms with E-state index in [1.165, 1.54) is 54.5 Å². The van der Waals surface area contributed by atoms with Crippen molar-refractivity contribution in [2.24, 2.45) is 0 Å². The number of esters is 1. The van der Waals surface area contributed by atoms with Crippen LogP contribution in [-0.4, -0.2) is 50.5 Å². The van der Waals surface area contributed by atoms with E-state index in [-0.39, 0.29) is 51.6 Å². The molecule has 1 aliphatic rings. The number of aromatic carboxylic acids is 1. The van der Waals surface area contributed by atoms with Gasteiger partial charge in [0.05, 0.1) is 46.4 Å². The minimum atomic E-state index is -1.18. The molecular weight excluding hydrogens is 532 g/mol. The molecule has 0 atom stereocenters. The van der Waals surface area contributed by atoms with Gasteiger partial charge in [-0.2, -0.15) is 0 Å². The molecule has 11 nitrogen and oxygen atoms in total. The van der Waals surface area contributed by atoms with Crippen molar-refractivity contribution in [1.29, 1.82) is 0 Å². The topological polar surface area (TPSA) is 177 Å². The molecule has 0 unspecified atom stereocenters. The first kappa shape index (κ1) is 26.9. The van der Waals surface area contributed by atoms with Crippen molar-refractivity contribution >= 4 is 40.6 Å². The molecule has 0 aliphatic carbocycles. The van der Waals surface area contributed by atoms with Crippen molar-refractivity contribution in [3.8, 4) is 34.1 Å². The molecule has 6 N–H and O–H groups in total. The first-order chi connectivity index (χ1) is 19.6. The van der Waals surface area contributed by atoms with Crippen LogP contribution in [-0.2, 0) is 16.0 Å². The Morgan fingerprint density at radius 1 is 0.829 bits per heavy atom. The number of aryl methyl sites for hydroxylation is 1. The summed E-state index contributed by atoms with van der Waals surface area (Å²) < 4.78 is 4.78. The number of carboxylic acid groups (broad SMARTS) is 1. The van der Waals surface area contributed by atoms with Crippen LogP contribution >= 0.6 is 0 Å². The van der Waals surface area contributed by atoms with Gasteiger partial charge < -0.3 is 35.6 Å². The lowest BCUT2D eigenvalue weighted by atomic mass is 9.96. The van der Waals surface area contributed by atoms with E-state index in [2.05, 4.69) is 5.32 Å². The number of ether oxygens (including phenoxy) is 1. The number of hydrogen-bond acceptors (Lipinski definition) is 9. The third kappa shape index (κ3) is 4.91. The summed E-state index contributed by atoms with van der Waals surface area (Å²) in [6.07, 6.45) is 0.579. The highest BCUT2D eigenvalue weighted by molar-refractivity contribution is 6.05. The third-order valence-corrected chi connectivity index (χ3v) is 6.73. The summed E-state index contributed by atoms with van der Waals surface area (Å²) in [5.74, 6) is -4.26. The van der Waals surface area contributed by atoms with Crippen LogP contribution in [0.3, 0.4) is 0 Å². The highest BCUT2D eigenvalue weighted by atomic mass is 16.5. The van der Waals surface area contributed by atoms with Gasteiger partial charge in [-0.15, -0.1) is 0 Å². The van der Waals surface area contributed by atoms with Crippen LogP contribution < -0.4 is 10.2 Å². The van der Waals surface area contributed by atoms with Crippen molar-refractivity contribution in [3.63, 3.8) is 0 Å². The Labute approximate surface area is 233 Å². The Hall–Kier alpha value is -5.71. The minimum absolute atomic E-state index is 0.0334. The number of aromatic hydroxyl groups is 4. The van der Waals surface area contributed by atoms with E-state index in [4.69, 9.17) is 4.74 Å². The number of nitrogens with zero attached hydrogens (tertiary/aromatic N) is 1. The molecule has 208 valence electrons. The molecule has 0 fully saturated rings. The number of hydrogen-bond donors (Lipinski definition) is 6. The van der Waals surface area contributed by atoms with Gasteiger partial charge in [-0.05, 0) is 36.2 Å². The molecule has 11 heteroatoms. The van der Waals surface area contributed by atoms with E-state index in [0.29, 0.717) is 12.1 Å². The molecule has 5 rings (SSSR count). The fourth-order valence-corrected chi connectivity index (χ4v) is 4.86. The maximum absolute atomic E-state index is 13.0. The van der Waals surface area contributed by atoms with Gasteiger partial charge in [0.1, 0.15) is 23.0 Å². The summed E-state index contributed by atoms with van der Waals surface area (Å²) >= 11 is 0. The van der Waals surface area contributed by atoms with Crippen LogP contribution in [0.15, 0.2) is 66.7 Å². The molecule has 1 aliphatic heterocycles. The normalized spacial score (nSPS) is 12.5. The number of methoxy groups -OCH3 is 1. The van der Waals surface area contributed by atoms with Crippen LogP contribution in [0.25, 0.3) is 11.1 Å². The Kier molecular flexibility index (Phi) is 6.85. The van der Waals surface area contributed by atoms with Gasteiger partial charge in [0, 0.05) is 36.4 Å². The Morgan fingerprint density at radius 3 is 2.05 bits per heavy atom. The number of carbonyl (C=O) groups is 3. The molecule has 0 saturated carbocycles. The number of benzene rings is 4. The first-order valence-electron chi connectivity index (χ1n) is 12.3. The van der Waals surface area contributed by atoms with Gasteiger partial charge in [0.15, 0.2) is 0 Å². The predicted molar refractivity (Wildman–Crippen MR) is 148 cm³/mol. The van der Waals surface area contributed by atoms with Gasteiger partial charge in [0.2, 0.25) is 5.91 Å². The number of carbonyl (C=O) groups excluding carboxylic acids is 2. The highest BCUT2D eigenvalue weighted by Gasteiger charge is 2.29. The number of rotatable bonds is 6. The lowest BCUT2D eigenvalue weighted by Gasteiger charge is -2.30. The number of fused-ring (bicyclic) bond motifs is 1. The van der Waals surface area contributed by atoms with Gasteiger partial charge in [-0.3, -0.25) is 9.69 Å². The summed E-state index contributed by atoms with van der Waals surface area (Å²) in [6, 6.07) is 15.6. The van der Waals surface area contributed by atoms with E-state index < -0.39 is 34.9 Å². The lowest BCUT2D eigenvalue weighted by molar-refractivity contribution is -0.118. The molecular formula is C30H24N2O9. The minimum Gasteiger partial charge on any atom is -0.507 e. The van der Waals surface area contributed by atoms with Gasteiger partial charge in [-0.25, -0.2) is 9.59 Å². The van der Waals surface area contributed by atoms with Crippen molar-refractivity contribution in [2.75, 3.05) is 17.3 Å². The zero-order valence-electron chi connectivity index (χ0n) is 21.6. The lowest BCUT2D eigenvalue weighted by Crippen LogP contribution is -2.31. The van der Waals surface area contributed by atoms with E-state index in [0.717, 1.165) is 5.56 Å². The standard InChI is InChI=1S/C30H24N2O9/c1-41-30(40)16-7-6-15-8-9-26(37)32(21(15)10-16)18-13-24(35)28(25(36)14-18)27-22(33)11-17(12-23(27)34)31-20-5-3-2-4-19(20)29(38)39/h2-7,10-14,31,33-36H,8-9H2,1H3,(H,38,39). The number of phenolic OH excluding ortho intramolecular Hbond substituents is 4. The van der Waals surface area contributed by atoms with E-state index >= 15 is 0 Å². The average molecular weight is 557 g/mol. The van der Waals surface area contributed by atoms with Crippen LogP contribution in [0.5, 0.6) is 23.0 Å². The quantitative estimate of drug-likeness (QED) is 0.177. The summed E-state index contributed by atoms with van der Waals surface area (Å²) in [5.41, 5.74) is 1.20. The fourth-order valence-electron chi connectivity index (χ4n) is 4.86. The third-order valence-electron chi connectivity index (χ3n) is 6.73. The predicted octanol–water partition coefficient (Wildman–Crippen LogP) is 5.02. The molecule has 1 heterocycles. The van der Waals surface area contributed by atoms with E-state index in [1.807, 2.05) is 0 Å². The van der Waals surface area contributed by atoms with Crippen molar-refractivity contribution in [2.45, 2.75) is 12.8 Å². The smallest absolute Gasteiger partial charge is 0.337 e.